The van der Waals surface area contributed by atoms with Crippen molar-refractivity contribution in [2.75, 3.05) is 0 Å². The number of fused-ring (bicyclic) bond motifs is 1. The van der Waals surface area contributed by atoms with Crippen LogP contribution in [-0.2, 0) is 6.42 Å². The van der Waals surface area contributed by atoms with Gasteiger partial charge in [-0.25, -0.2) is 0 Å². The molecule has 1 heteroatoms. The van der Waals surface area contributed by atoms with E-state index in [-0.39, 0.29) is 0 Å². The quantitative estimate of drug-likeness (QED) is 0.485. The Balaban J connectivity index is 1.90. The first-order valence-electron chi connectivity index (χ1n) is 7.60. The fourth-order valence-corrected chi connectivity index (χ4v) is 3.03. The molecule has 1 nitrogen and oxygen atoms in total. The molecule has 0 atom stereocenters. The first-order valence-corrected chi connectivity index (χ1v) is 7.60. The number of aromatic nitrogens is 1. The van der Waals surface area contributed by atoms with Gasteiger partial charge in [0, 0.05) is 23.2 Å². The van der Waals surface area contributed by atoms with E-state index in [2.05, 4.69) is 95.6 Å². The van der Waals surface area contributed by atoms with Crippen molar-refractivity contribution in [1.29, 1.82) is 0 Å². The monoisotopic (exact) mass is 283 g/mol. The van der Waals surface area contributed by atoms with Crippen molar-refractivity contribution < 1.29 is 0 Å². The van der Waals surface area contributed by atoms with Crippen LogP contribution < -0.4 is 0 Å². The van der Waals surface area contributed by atoms with Gasteiger partial charge in [0.05, 0.1) is 5.52 Å². The van der Waals surface area contributed by atoms with E-state index in [1.165, 1.54) is 27.8 Å². The average Bonchev–Trinajstić information content (AvgIpc) is 2.94. The topological polar surface area (TPSA) is 4.93 Å². The van der Waals surface area contributed by atoms with Gasteiger partial charge in [0.1, 0.15) is 0 Å². The lowest BCUT2D eigenvalue weighted by Gasteiger charge is -2.11. The van der Waals surface area contributed by atoms with Crippen molar-refractivity contribution in [2.24, 2.45) is 0 Å². The smallest absolute Gasteiger partial charge is 0.0531 e. The molecular formula is C21H17N. The SMILES string of the molecule is c1ccc(Cc2cc3ccccc3n2-c2ccccc2)cc1. The number of benzene rings is 3. The van der Waals surface area contributed by atoms with Gasteiger partial charge in [-0.15, -0.1) is 0 Å². The molecule has 0 fully saturated rings. The van der Waals surface area contributed by atoms with Crippen LogP contribution in [0.25, 0.3) is 16.6 Å². The minimum atomic E-state index is 0.935. The van der Waals surface area contributed by atoms with Crippen molar-refractivity contribution in [3.05, 3.63) is 102 Å². The second kappa shape index (κ2) is 5.53. The fourth-order valence-electron chi connectivity index (χ4n) is 3.03. The van der Waals surface area contributed by atoms with Crippen LogP contribution in [0.2, 0.25) is 0 Å². The van der Waals surface area contributed by atoms with Crippen LogP contribution in [0.4, 0.5) is 0 Å². The summed E-state index contributed by atoms with van der Waals surface area (Å²) >= 11 is 0. The third-order valence-corrected chi connectivity index (χ3v) is 4.03. The minimum absolute atomic E-state index is 0.935. The first-order chi connectivity index (χ1) is 10.9. The zero-order valence-electron chi connectivity index (χ0n) is 12.3. The standard InChI is InChI=1S/C21H17N/c1-3-9-17(10-4-1)15-20-16-18-11-7-8-14-21(18)22(20)19-12-5-2-6-13-19/h1-14,16H,15H2. The molecule has 1 heterocycles. The molecule has 1 aromatic heterocycles. The number of hydrogen-bond donors (Lipinski definition) is 0. The largest absolute Gasteiger partial charge is 0.313 e. The van der Waals surface area contributed by atoms with Gasteiger partial charge in [-0.2, -0.15) is 0 Å². The van der Waals surface area contributed by atoms with Crippen LogP contribution in [-0.4, -0.2) is 4.57 Å². The van der Waals surface area contributed by atoms with E-state index in [1.807, 2.05) is 0 Å². The zero-order chi connectivity index (χ0) is 14.8. The van der Waals surface area contributed by atoms with Crippen molar-refractivity contribution in [3.63, 3.8) is 0 Å². The summed E-state index contributed by atoms with van der Waals surface area (Å²) in [7, 11) is 0. The lowest BCUT2D eigenvalue weighted by Crippen LogP contribution is -2.00. The summed E-state index contributed by atoms with van der Waals surface area (Å²) in [6.45, 7) is 0. The first kappa shape index (κ1) is 12.9. The van der Waals surface area contributed by atoms with Gasteiger partial charge in [-0.1, -0.05) is 66.7 Å². The van der Waals surface area contributed by atoms with E-state index in [0.29, 0.717) is 0 Å². The molecule has 22 heavy (non-hydrogen) atoms. The lowest BCUT2D eigenvalue weighted by atomic mass is 10.1. The molecule has 0 amide bonds. The van der Waals surface area contributed by atoms with Gasteiger partial charge in [0.2, 0.25) is 0 Å². The Bertz CT molecular complexity index is 889. The van der Waals surface area contributed by atoms with Gasteiger partial charge in [0.15, 0.2) is 0 Å². The molecule has 106 valence electrons. The highest BCUT2D eigenvalue weighted by atomic mass is 15.0. The molecule has 3 aromatic carbocycles. The third kappa shape index (κ3) is 2.31. The molecule has 0 aliphatic rings. The Kier molecular flexibility index (Phi) is 3.24. The van der Waals surface area contributed by atoms with Crippen molar-refractivity contribution in [3.8, 4) is 5.69 Å². The van der Waals surface area contributed by atoms with Crippen LogP contribution in [0.1, 0.15) is 11.3 Å². The van der Waals surface area contributed by atoms with Gasteiger partial charge in [-0.05, 0) is 29.8 Å². The number of hydrogen-bond acceptors (Lipinski definition) is 0. The Hall–Kier alpha value is -2.80. The fraction of sp³-hybridized carbons (Fsp3) is 0.0476. The highest BCUT2D eigenvalue weighted by Gasteiger charge is 2.10. The van der Waals surface area contributed by atoms with E-state index in [4.69, 9.17) is 0 Å². The second-order valence-corrected chi connectivity index (χ2v) is 5.53. The van der Waals surface area contributed by atoms with Gasteiger partial charge in [0.25, 0.3) is 0 Å². The molecular weight excluding hydrogens is 266 g/mol. The Morgan fingerprint density at radius 2 is 1.27 bits per heavy atom. The molecule has 4 rings (SSSR count). The summed E-state index contributed by atoms with van der Waals surface area (Å²) in [6.07, 6.45) is 0.935. The summed E-state index contributed by atoms with van der Waals surface area (Å²) in [5, 5.41) is 1.29. The number of para-hydroxylation sites is 2. The average molecular weight is 283 g/mol. The van der Waals surface area contributed by atoms with Crippen molar-refractivity contribution in [2.45, 2.75) is 6.42 Å². The molecule has 0 aliphatic carbocycles. The summed E-state index contributed by atoms with van der Waals surface area (Å²) < 4.78 is 2.36. The van der Waals surface area contributed by atoms with E-state index < -0.39 is 0 Å². The van der Waals surface area contributed by atoms with E-state index in [9.17, 15) is 0 Å². The summed E-state index contributed by atoms with van der Waals surface area (Å²) in [5.41, 5.74) is 5.13. The van der Waals surface area contributed by atoms with E-state index >= 15 is 0 Å². The molecule has 0 spiro atoms. The predicted molar refractivity (Wildman–Crippen MR) is 92.5 cm³/mol. The van der Waals surface area contributed by atoms with Crippen LogP contribution in [0.3, 0.4) is 0 Å². The predicted octanol–water partition coefficient (Wildman–Crippen LogP) is 5.22. The molecule has 0 saturated heterocycles. The summed E-state index contributed by atoms with van der Waals surface area (Å²) in [4.78, 5) is 0. The number of nitrogens with zero attached hydrogens (tertiary/aromatic N) is 1. The molecule has 0 N–H and O–H groups in total. The molecule has 4 aromatic rings. The normalized spacial score (nSPS) is 10.9. The Morgan fingerprint density at radius 3 is 2.05 bits per heavy atom. The Labute approximate surface area is 130 Å². The maximum Gasteiger partial charge on any atom is 0.0531 e. The van der Waals surface area contributed by atoms with Crippen LogP contribution in [0.15, 0.2) is 91.0 Å². The van der Waals surface area contributed by atoms with Crippen molar-refractivity contribution >= 4 is 10.9 Å². The molecule has 0 bridgehead atoms. The van der Waals surface area contributed by atoms with E-state index in [0.717, 1.165) is 6.42 Å². The highest BCUT2D eigenvalue weighted by molar-refractivity contribution is 5.83. The van der Waals surface area contributed by atoms with E-state index in [1.54, 1.807) is 0 Å². The van der Waals surface area contributed by atoms with Crippen LogP contribution in [0, 0.1) is 0 Å². The number of rotatable bonds is 3. The van der Waals surface area contributed by atoms with Gasteiger partial charge >= 0.3 is 0 Å². The minimum Gasteiger partial charge on any atom is -0.313 e. The zero-order valence-corrected chi connectivity index (χ0v) is 12.3. The highest BCUT2D eigenvalue weighted by Crippen LogP contribution is 2.26. The molecule has 0 saturated carbocycles. The van der Waals surface area contributed by atoms with Crippen molar-refractivity contribution in [1.82, 2.24) is 4.57 Å². The van der Waals surface area contributed by atoms with Gasteiger partial charge in [-0.3, -0.25) is 0 Å². The summed E-state index contributed by atoms with van der Waals surface area (Å²) in [6, 6.07) is 32.1. The lowest BCUT2D eigenvalue weighted by molar-refractivity contribution is 0.986. The molecule has 0 radical (unpaired) electrons. The van der Waals surface area contributed by atoms with Gasteiger partial charge < -0.3 is 4.57 Å². The molecule has 0 aliphatic heterocycles. The maximum absolute atomic E-state index is 2.36. The second-order valence-electron chi connectivity index (χ2n) is 5.53. The molecule has 0 unspecified atom stereocenters. The third-order valence-electron chi connectivity index (χ3n) is 4.03. The van der Waals surface area contributed by atoms with Crippen LogP contribution in [0.5, 0.6) is 0 Å². The van der Waals surface area contributed by atoms with Crippen LogP contribution >= 0.6 is 0 Å². The maximum atomic E-state index is 2.36. The Morgan fingerprint density at radius 1 is 0.636 bits per heavy atom. The summed E-state index contributed by atoms with van der Waals surface area (Å²) in [5.74, 6) is 0.